The van der Waals surface area contributed by atoms with E-state index in [0.717, 1.165) is 27.8 Å². The fraction of sp³-hybridized carbons (Fsp3) is 0.250. The molecule has 27 heavy (non-hydrogen) atoms. The molecular weight excluding hydrogens is 378 g/mol. The van der Waals surface area contributed by atoms with Gasteiger partial charge in [-0.2, -0.15) is 4.98 Å². The lowest BCUT2D eigenvalue weighted by atomic mass is 9.99. The highest BCUT2D eigenvalue weighted by atomic mass is 32.2. The molecule has 1 aliphatic heterocycles. The third kappa shape index (κ3) is 5.14. The molecule has 140 valence electrons. The Balaban J connectivity index is 1.88. The number of allylic oxidation sites excluding steroid dienone is 1. The van der Waals surface area contributed by atoms with Crippen molar-refractivity contribution >= 4 is 34.3 Å². The Morgan fingerprint density at radius 2 is 2.00 bits per heavy atom. The first-order valence-electron chi connectivity index (χ1n) is 8.41. The lowest BCUT2D eigenvalue weighted by Gasteiger charge is -2.24. The fourth-order valence-corrected chi connectivity index (χ4v) is 4.59. The van der Waals surface area contributed by atoms with Crippen molar-refractivity contribution in [1.82, 2.24) is 9.97 Å². The van der Waals surface area contributed by atoms with Crippen LogP contribution in [0.4, 0.5) is 5.69 Å². The summed E-state index contributed by atoms with van der Waals surface area (Å²) in [5.74, 6) is 1.70. The summed E-state index contributed by atoms with van der Waals surface area (Å²) in [4.78, 5) is 14.6. The average molecular weight is 400 g/mol. The van der Waals surface area contributed by atoms with Crippen LogP contribution in [0.25, 0.3) is 0 Å². The van der Waals surface area contributed by atoms with Gasteiger partial charge in [0.25, 0.3) is 0 Å². The molecule has 1 fully saturated rings. The summed E-state index contributed by atoms with van der Waals surface area (Å²) in [6.45, 7) is 6.33. The van der Waals surface area contributed by atoms with E-state index in [4.69, 9.17) is 14.5 Å². The first-order chi connectivity index (χ1) is 13.1. The van der Waals surface area contributed by atoms with Gasteiger partial charge in [0.1, 0.15) is 10.8 Å². The monoisotopic (exact) mass is 399 g/mol. The Morgan fingerprint density at radius 1 is 1.22 bits per heavy atom. The first-order valence-corrected chi connectivity index (χ1v) is 10.1. The lowest BCUT2D eigenvalue weighted by molar-refractivity contribution is 0.392. The zero-order chi connectivity index (χ0) is 19.2. The third-order valence-electron chi connectivity index (χ3n) is 3.96. The van der Waals surface area contributed by atoms with Crippen molar-refractivity contribution in [2.24, 2.45) is 10.9 Å². The van der Waals surface area contributed by atoms with Gasteiger partial charge in [0.2, 0.25) is 5.88 Å². The minimum atomic E-state index is 0.328. The number of rotatable bonds is 5. The van der Waals surface area contributed by atoms with Crippen LogP contribution in [0.1, 0.15) is 13.3 Å². The summed E-state index contributed by atoms with van der Waals surface area (Å²) >= 11 is 3.10. The van der Waals surface area contributed by atoms with E-state index in [1.165, 1.54) is 17.3 Å². The summed E-state index contributed by atoms with van der Waals surface area (Å²) in [6, 6.07) is 9.45. The SMILES string of the molecule is C=C1CC(C)C(=C\Sc2nccc(OC)n2)/C(=N/c2ccc(OC)cc2)S1. The predicted octanol–water partition coefficient (Wildman–Crippen LogP) is 5.49. The number of nitrogens with zero attached hydrogens (tertiary/aromatic N) is 3. The second-order valence-electron chi connectivity index (χ2n) is 5.93. The maximum absolute atomic E-state index is 5.21. The van der Waals surface area contributed by atoms with Crippen molar-refractivity contribution < 1.29 is 9.47 Å². The van der Waals surface area contributed by atoms with E-state index in [-0.39, 0.29) is 0 Å². The molecule has 0 aliphatic carbocycles. The molecular formula is C20H21N3O2S2. The third-order valence-corrected chi connectivity index (χ3v) is 5.72. The largest absolute Gasteiger partial charge is 0.497 e. The van der Waals surface area contributed by atoms with Crippen LogP contribution in [0.15, 0.2) is 69.1 Å². The quantitative estimate of drug-likeness (QED) is 0.490. The Kier molecular flexibility index (Phi) is 6.58. The van der Waals surface area contributed by atoms with Gasteiger partial charge in [-0.25, -0.2) is 9.98 Å². The molecule has 0 spiro atoms. The maximum atomic E-state index is 5.21. The van der Waals surface area contributed by atoms with Gasteiger partial charge in [0.05, 0.1) is 19.9 Å². The predicted molar refractivity (Wildman–Crippen MR) is 113 cm³/mol. The van der Waals surface area contributed by atoms with Crippen LogP contribution >= 0.6 is 23.5 Å². The number of thioether (sulfide) groups is 2. The molecule has 1 saturated heterocycles. The first kappa shape index (κ1) is 19.5. The Labute approximate surface area is 168 Å². The van der Waals surface area contributed by atoms with Gasteiger partial charge in [-0.1, -0.05) is 37.0 Å². The van der Waals surface area contributed by atoms with E-state index < -0.39 is 0 Å². The van der Waals surface area contributed by atoms with E-state index in [2.05, 4.69) is 28.9 Å². The van der Waals surface area contributed by atoms with Crippen molar-refractivity contribution in [3.05, 3.63) is 59.0 Å². The molecule has 0 radical (unpaired) electrons. The van der Waals surface area contributed by atoms with Crippen LogP contribution in [0.2, 0.25) is 0 Å². The summed E-state index contributed by atoms with van der Waals surface area (Å²) in [6.07, 6.45) is 2.62. The Morgan fingerprint density at radius 3 is 2.70 bits per heavy atom. The number of ether oxygens (including phenoxy) is 2. The molecule has 0 saturated carbocycles. The molecule has 2 heterocycles. The van der Waals surface area contributed by atoms with Crippen molar-refractivity contribution in [3.8, 4) is 11.6 Å². The van der Waals surface area contributed by atoms with Crippen molar-refractivity contribution in [3.63, 3.8) is 0 Å². The van der Waals surface area contributed by atoms with Crippen LogP contribution < -0.4 is 9.47 Å². The van der Waals surface area contributed by atoms with E-state index in [9.17, 15) is 0 Å². The van der Waals surface area contributed by atoms with Crippen LogP contribution in [0.5, 0.6) is 11.6 Å². The van der Waals surface area contributed by atoms with Gasteiger partial charge < -0.3 is 9.47 Å². The average Bonchev–Trinajstić information content (AvgIpc) is 2.68. The molecule has 2 aromatic rings. The topological polar surface area (TPSA) is 56.6 Å². The number of aromatic nitrogens is 2. The van der Waals surface area contributed by atoms with Gasteiger partial charge in [0, 0.05) is 12.3 Å². The highest BCUT2D eigenvalue weighted by Crippen LogP contribution is 2.40. The van der Waals surface area contributed by atoms with Crippen molar-refractivity contribution in [2.45, 2.75) is 18.5 Å². The zero-order valence-electron chi connectivity index (χ0n) is 15.5. The Hall–Kier alpha value is -2.25. The van der Waals surface area contributed by atoms with E-state index in [0.29, 0.717) is 17.0 Å². The molecule has 1 atom stereocenters. The van der Waals surface area contributed by atoms with E-state index in [1.807, 2.05) is 24.3 Å². The molecule has 7 heteroatoms. The minimum absolute atomic E-state index is 0.328. The van der Waals surface area contributed by atoms with Crippen LogP contribution in [-0.2, 0) is 0 Å². The molecule has 1 aromatic carbocycles. The lowest BCUT2D eigenvalue weighted by Crippen LogP contribution is -2.14. The molecule has 1 unspecified atom stereocenters. The summed E-state index contributed by atoms with van der Waals surface area (Å²) in [5, 5.41) is 3.69. The smallest absolute Gasteiger partial charge is 0.217 e. The van der Waals surface area contributed by atoms with Gasteiger partial charge >= 0.3 is 0 Å². The fourth-order valence-electron chi connectivity index (χ4n) is 2.54. The second-order valence-corrected chi connectivity index (χ2v) is 7.94. The summed E-state index contributed by atoms with van der Waals surface area (Å²) in [7, 11) is 3.25. The minimum Gasteiger partial charge on any atom is -0.497 e. The highest BCUT2D eigenvalue weighted by molar-refractivity contribution is 8.17. The maximum Gasteiger partial charge on any atom is 0.217 e. The van der Waals surface area contributed by atoms with Crippen LogP contribution in [0.3, 0.4) is 0 Å². The van der Waals surface area contributed by atoms with Crippen molar-refractivity contribution in [1.29, 1.82) is 0 Å². The number of benzene rings is 1. The Bertz CT molecular complexity index is 879. The van der Waals surface area contributed by atoms with Crippen molar-refractivity contribution in [2.75, 3.05) is 14.2 Å². The van der Waals surface area contributed by atoms with Crippen LogP contribution in [0, 0.1) is 5.92 Å². The molecule has 0 N–H and O–H groups in total. The molecule has 0 bridgehead atoms. The zero-order valence-corrected chi connectivity index (χ0v) is 17.1. The second kappa shape index (κ2) is 9.10. The molecule has 5 nitrogen and oxygen atoms in total. The normalized spacial score (nSPS) is 20.1. The molecule has 1 aliphatic rings. The highest BCUT2D eigenvalue weighted by Gasteiger charge is 2.24. The molecule has 1 aromatic heterocycles. The van der Waals surface area contributed by atoms with Crippen LogP contribution in [-0.4, -0.2) is 29.2 Å². The van der Waals surface area contributed by atoms with E-state index in [1.54, 1.807) is 38.2 Å². The molecule has 0 amide bonds. The number of methoxy groups -OCH3 is 2. The van der Waals surface area contributed by atoms with E-state index >= 15 is 0 Å². The summed E-state index contributed by atoms with van der Waals surface area (Å²) < 4.78 is 10.4. The number of hydrogen-bond acceptors (Lipinski definition) is 7. The summed E-state index contributed by atoms with van der Waals surface area (Å²) in [5.41, 5.74) is 2.05. The number of aliphatic imine (C=N–C) groups is 1. The standard InChI is InChI=1S/C20H21N3O2S2/c1-13-11-14(2)27-19(22-15-5-7-16(24-3)8-6-15)17(13)12-26-20-21-10-9-18(23-20)25-4/h5-10,12-13H,2,11H2,1,3-4H3/b17-12+,22-19-. The van der Waals surface area contributed by atoms with Gasteiger partial charge in [0.15, 0.2) is 5.16 Å². The number of hydrogen-bond donors (Lipinski definition) is 0. The van der Waals surface area contributed by atoms with Gasteiger partial charge in [-0.15, -0.1) is 0 Å². The van der Waals surface area contributed by atoms with Gasteiger partial charge in [-0.3, -0.25) is 0 Å². The van der Waals surface area contributed by atoms with Gasteiger partial charge in [-0.05, 0) is 52.5 Å². The molecule has 3 rings (SSSR count).